The molecule has 2 unspecified atom stereocenters. The molecule has 1 fully saturated rings. The number of hydrogen-bond donors (Lipinski definition) is 0. The summed E-state index contributed by atoms with van der Waals surface area (Å²) < 4.78 is 0. The molecule has 0 amide bonds. The highest BCUT2D eigenvalue weighted by Crippen LogP contribution is 2.38. The maximum absolute atomic E-state index is 12.4. The Hall–Kier alpha value is -1.15. The first-order valence-electron chi connectivity index (χ1n) is 7.38. The molecule has 1 aliphatic heterocycles. The molecular weight excluding hydrogens is 234 g/mol. The third-order valence-electron chi connectivity index (χ3n) is 4.11. The van der Waals surface area contributed by atoms with Crippen LogP contribution >= 0.6 is 0 Å². The second kappa shape index (κ2) is 5.87. The normalized spacial score (nSPS) is 24.3. The van der Waals surface area contributed by atoms with Gasteiger partial charge in [0.15, 0.2) is 5.78 Å². The van der Waals surface area contributed by atoms with Crippen molar-refractivity contribution in [3.63, 3.8) is 0 Å². The number of Topliss-reactive ketones (excluding diaryl/α,β-unsaturated/α-hetero) is 1. The van der Waals surface area contributed by atoms with Crippen molar-refractivity contribution in [1.82, 2.24) is 4.90 Å². The van der Waals surface area contributed by atoms with E-state index in [1.165, 1.54) is 5.56 Å². The monoisotopic (exact) mass is 259 g/mol. The summed E-state index contributed by atoms with van der Waals surface area (Å²) in [4.78, 5) is 14.8. The highest BCUT2D eigenvalue weighted by atomic mass is 16.1. The smallest absolute Gasteiger partial charge is 0.152 e. The van der Waals surface area contributed by atoms with Crippen molar-refractivity contribution in [3.05, 3.63) is 35.9 Å². The van der Waals surface area contributed by atoms with Gasteiger partial charge in [-0.1, -0.05) is 44.2 Å². The molecule has 0 aromatic heterocycles. The first-order chi connectivity index (χ1) is 9.02. The van der Waals surface area contributed by atoms with Crippen LogP contribution in [-0.4, -0.2) is 22.8 Å². The average molecular weight is 259 g/mol. The molecule has 104 valence electrons. The number of benzene rings is 1. The van der Waals surface area contributed by atoms with Gasteiger partial charge in [0, 0.05) is 18.0 Å². The minimum absolute atomic E-state index is 0.102. The van der Waals surface area contributed by atoms with Crippen LogP contribution in [0, 0.1) is 5.92 Å². The molecular formula is C17H25NO. The van der Waals surface area contributed by atoms with Crippen LogP contribution in [0.4, 0.5) is 0 Å². The predicted octanol–water partition coefficient (Wildman–Crippen LogP) is 3.83. The predicted molar refractivity (Wildman–Crippen MR) is 79.0 cm³/mol. The molecule has 19 heavy (non-hydrogen) atoms. The highest BCUT2D eigenvalue weighted by molar-refractivity contribution is 5.86. The lowest BCUT2D eigenvalue weighted by atomic mass is 9.99. The first kappa shape index (κ1) is 14.3. The lowest BCUT2D eigenvalue weighted by molar-refractivity contribution is -0.127. The zero-order valence-corrected chi connectivity index (χ0v) is 12.5. The fraction of sp³-hybridized carbons (Fsp3) is 0.588. The Bertz CT molecular complexity index is 424. The average Bonchev–Trinajstić information content (AvgIpc) is 2.83. The van der Waals surface area contributed by atoms with Gasteiger partial charge in [0.1, 0.15) is 0 Å². The van der Waals surface area contributed by atoms with Gasteiger partial charge in [-0.2, -0.15) is 0 Å². The van der Waals surface area contributed by atoms with Crippen LogP contribution in [0.15, 0.2) is 30.3 Å². The minimum atomic E-state index is 0.102. The Morgan fingerprint density at radius 3 is 2.26 bits per heavy atom. The molecule has 2 rings (SSSR count). The van der Waals surface area contributed by atoms with Crippen LogP contribution in [0.3, 0.4) is 0 Å². The van der Waals surface area contributed by atoms with Crippen LogP contribution in [0.2, 0.25) is 0 Å². The summed E-state index contributed by atoms with van der Waals surface area (Å²) in [6.07, 6.45) is 2.08. The van der Waals surface area contributed by atoms with E-state index >= 15 is 0 Å². The maximum atomic E-state index is 12.4. The summed E-state index contributed by atoms with van der Waals surface area (Å²) in [6, 6.07) is 11.5. The second-order valence-electron chi connectivity index (χ2n) is 6.12. The van der Waals surface area contributed by atoms with Crippen molar-refractivity contribution < 1.29 is 4.79 Å². The van der Waals surface area contributed by atoms with Crippen molar-refractivity contribution in [2.24, 2.45) is 5.92 Å². The molecule has 2 nitrogen and oxygen atoms in total. The Kier molecular flexibility index (Phi) is 4.41. The van der Waals surface area contributed by atoms with Gasteiger partial charge in [0.25, 0.3) is 0 Å². The van der Waals surface area contributed by atoms with Crippen LogP contribution < -0.4 is 0 Å². The minimum Gasteiger partial charge on any atom is -0.298 e. The molecule has 2 heteroatoms. The molecule has 1 saturated heterocycles. The fourth-order valence-corrected chi connectivity index (χ4v) is 3.24. The van der Waals surface area contributed by atoms with E-state index in [0.717, 1.165) is 12.8 Å². The molecule has 0 radical (unpaired) electrons. The van der Waals surface area contributed by atoms with Crippen LogP contribution in [0.25, 0.3) is 0 Å². The van der Waals surface area contributed by atoms with Crippen LogP contribution in [0.5, 0.6) is 0 Å². The molecule has 0 spiro atoms. The maximum Gasteiger partial charge on any atom is 0.152 e. The summed E-state index contributed by atoms with van der Waals surface area (Å²) in [7, 11) is 0. The second-order valence-corrected chi connectivity index (χ2v) is 6.12. The van der Waals surface area contributed by atoms with Gasteiger partial charge in [-0.15, -0.1) is 0 Å². The lowest BCUT2D eigenvalue weighted by Crippen LogP contribution is -2.43. The molecule has 0 N–H and O–H groups in total. The number of carbonyl (C=O) groups excluding carboxylic acids is 1. The Morgan fingerprint density at radius 2 is 1.74 bits per heavy atom. The molecule has 0 bridgehead atoms. The van der Waals surface area contributed by atoms with E-state index in [9.17, 15) is 4.79 Å². The zero-order chi connectivity index (χ0) is 14.0. The molecule has 1 aliphatic rings. The van der Waals surface area contributed by atoms with E-state index in [0.29, 0.717) is 17.9 Å². The quantitative estimate of drug-likeness (QED) is 0.819. The van der Waals surface area contributed by atoms with Gasteiger partial charge in [-0.25, -0.2) is 0 Å². The number of rotatable bonds is 4. The summed E-state index contributed by atoms with van der Waals surface area (Å²) in [5.74, 6) is 0.521. The van der Waals surface area contributed by atoms with Gasteiger partial charge in [0.05, 0.1) is 6.04 Å². The van der Waals surface area contributed by atoms with Crippen LogP contribution in [-0.2, 0) is 4.79 Å². The van der Waals surface area contributed by atoms with Gasteiger partial charge in [0.2, 0.25) is 0 Å². The molecule has 1 heterocycles. The van der Waals surface area contributed by atoms with E-state index < -0.39 is 0 Å². The van der Waals surface area contributed by atoms with E-state index in [1.807, 2.05) is 13.8 Å². The summed E-state index contributed by atoms with van der Waals surface area (Å²) in [5, 5.41) is 0. The third-order valence-corrected chi connectivity index (χ3v) is 4.11. The number of likely N-dealkylation sites (tertiary alicyclic amines) is 1. The number of carbonyl (C=O) groups is 1. The van der Waals surface area contributed by atoms with E-state index in [-0.39, 0.29) is 12.0 Å². The topological polar surface area (TPSA) is 20.3 Å². The van der Waals surface area contributed by atoms with Crippen molar-refractivity contribution in [2.45, 2.75) is 58.7 Å². The lowest BCUT2D eigenvalue weighted by Gasteiger charge is -2.34. The summed E-state index contributed by atoms with van der Waals surface area (Å²) >= 11 is 0. The van der Waals surface area contributed by atoms with Gasteiger partial charge >= 0.3 is 0 Å². The van der Waals surface area contributed by atoms with Gasteiger partial charge in [-0.3, -0.25) is 9.69 Å². The van der Waals surface area contributed by atoms with E-state index in [2.05, 4.69) is 49.1 Å². The van der Waals surface area contributed by atoms with Crippen molar-refractivity contribution >= 4 is 5.78 Å². The summed E-state index contributed by atoms with van der Waals surface area (Å²) in [6.45, 7) is 8.41. The van der Waals surface area contributed by atoms with E-state index in [1.54, 1.807) is 0 Å². The number of hydrogen-bond acceptors (Lipinski definition) is 2. The number of ketones is 1. The largest absolute Gasteiger partial charge is 0.298 e. The van der Waals surface area contributed by atoms with Crippen molar-refractivity contribution in [1.29, 1.82) is 0 Å². The van der Waals surface area contributed by atoms with Gasteiger partial charge in [-0.05, 0) is 32.3 Å². The molecule has 0 aliphatic carbocycles. The van der Waals surface area contributed by atoms with Crippen molar-refractivity contribution in [3.8, 4) is 0 Å². The van der Waals surface area contributed by atoms with Crippen molar-refractivity contribution in [2.75, 3.05) is 0 Å². The Balaban J connectivity index is 2.26. The van der Waals surface area contributed by atoms with E-state index in [4.69, 9.17) is 0 Å². The number of nitrogens with zero attached hydrogens (tertiary/aromatic N) is 1. The fourth-order valence-electron chi connectivity index (χ4n) is 3.24. The standard InChI is InChI=1S/C17H25NO/c1-12(2)17(19)16-11-10-15(18(16)13(3)4)14-8-6-5-7-9-14/h5-9,12-13,15-16H,10-11H2,1-4H3. The third kappa shape index (κ3) is 2.89. The van der Waals surface area contributed by atoms with Crippen LogP contribution in [0.1, 0.15) is 52.1 Å². The molecule has 2 atom stereocenters. The first-order valence-corrected chi connectivity index (χ1v) is 7.38. The highest BCUT2D eigenvalue weighted by Gasteiger charge is 2.40. The Morgan fingerprint density at radius 1 is 1.11 bits per heavy atom. The molecule has 1 aromatic carbocycles. The zero-order valence-electron chi connectivity index (χ0n) is 12.5. The van der Waals surface area contributed by atoms with Gasteiger partial charge < -0.3 is 0 Å². The molecule has 0 saturated carbocycles. The summed E-state index contributed by atoms with van der Waals surface area (Å²) in [5.41, 5.74) is 1.34. The SMILES string of the molecule is CC(C)C(=O)C1CCC(c2ccccc2)N1C(C)C. The Labute approximate surface area is 116 Å². The molecule has 1 aromatic rings.